The highest BCUT2D eigenvalue weighted by molar-refractivity contribution is 5.92. The molecule has 0 bridgehead atoms. The van der Waals surface area contributed by atoms with Gasteiger partial charge in [0, 0.05) is 6.54 Å². The van der Waals surface area contributed by atoms with Gasteiger partial charge < -0.3 is 10.4 Å². The summed E-state index contributed by atoms with van der Waals surface area (Å²) < 4.78 is 0. The first-order valence-corrected chi connectivity index (χ1v) is 3.65. The van der Waals surface area contributed by atoms with Crippen molar-refractivity contribution in [2.45, 2.75) is 18.9 Å². The molecule has 0 heterocycles. The van der Waals surface area contributed by atoms with Gasteiger partial charge in [0.25, 0.3) is 5.91 Å². The summed E-state index contributed by atoms with van der Waals surface area (Å²) in [5.41, 5.74) is 0. The van der Waals surface area contributed by atoms with Gasteiger partial charge in [-0.3, -0.25) is 4.79 Å². The van der Waals surface area contributed by atoms with Crippen molar-refractivity contribution in [3.05, 3.63) is 0 Å². The number of hydrogen-bond donors (Lipinski definition) is 2. The van der Waals surface area contributed by atoms with Crippen LogP contribution in [0.4, 0.5) is 0 Å². The van der Waals surface area contributed by atoms with Crippen molar-refractivity contribution in [1.29, 1.82) is 0 Å². The van der Waals surface area contributed by atoms with Crippen LogP contribution in [-0.4, -0.2) is 23.7 Å². The van der Waals surface area contributed by atoms with Crippen molar-refractivity contribution in [2.75, 3.05) is 6.54 Å². The lowest BCUT2D eigenvalue weighted by Crippen LogP contribution is -2.37. The fourth-order valence-electron chi connectivity index (χ4n) is 1.16. The number of amides is 1. The molecule has 0 aromatic carbocycles. The molecule has 0 unspecified atom stereocenters. The maximum Gasteiger partial charge on any atom is 0.295 e. The summed E-state index contributed by atoms with van der Waals surface area (Å²) in [6, 6.07) is 0. The van der Waals surface area contributed by atoms with E-state index in [0.717, 1.165) is 12.8 Å². The zero-order chi connectivity index (χ0) is 8.27. The molecule has 1 aliphatic rings. The number of aliphatic hydroxyl groups excluding tert-OH is 1. The number of nitrogens with one attached hydrogen (secondary N) is 1. The lowest BCUT2D eigenvalue weighted by Gasteiger charge is -2.30. The van der Waals surface area contributed by atoms with Crippen LogP contribution in [-0.2, 0) is 4.79 Å². The zero-order valence-electron chi connectivity index (χ0n) is 6.21. The van der Waals surface area contributed by atoms with Crippen molar-refractivity contribution in [3.63, 3.8) is 0 Å². The Balaban J connectivity index is 2.06. The standard InChI is InChI=1S/C8H11NO2/c1-2-8(11)9-5-6-3-7(10)4-6/h1,6-7,10H,3-5H2,(H,9,11). The van der Waals surface area contributed by atoms with Crippen LogP contribution < -0.4 is 5.32 Å². The minimum absolute atomic E-state index is 0.164. The van der Waals surface area contributed by atoms with E-state index in [-0.39, 0.29) is 12.0 Å². The smallest absolute Gasteiger partial charge is 0.295 e. The van der Waals surface area contributed by atoms with E-state index in [1.807, 2.05) is 5.92 Å². The fraction of sp³-hybridized carbons (Fsp3) is 0.625. The Hall–Kier alpha value is -1.01. The monoisotopic (exact) mass is 153 g/mol. The molecular formula is C8H11NO2. The molecule has 0 aromatic heterocycles. The van der Waals surface area contributed by atoms with E-state index < -0.39 is 0 Å². The molecule has 1 rings (SSSR count). The second-order valence-corrected chi connectivity index (χ2v) is 2.85. The van der Waals surface area contributed by atoms with Gasteiger partial charge in [0.15, 0.2) is 0 Å². The minimum atomic E-state index is -0.369. The highest BCUT2D eigenvalue weighted by atomic mass is 16.3. The van der Waals surface area contributed by atoms with E-state index in [1.165, 1.54) is 0 Å². The zero-order valence-corrected chi connectivity index (χ0v) is 6.21. The molecule has 1 fully saturated rings. The molecule has 1 aliphatic carbocycles. The summed E-state index contributed by atoms with van der Waals surface area (Å²) in [6.45, 7) is 0.597. The maximum atomic E-state index is 10.5. The third-order valence-electron chi connectivity index (χ3n) is 1.89. The molecule has 11 heavy (non-hydrogen) atoms. The van der Waals surface area contributed by atoms with Crippen LogP contribution in [0, 0.1) is 18.3 Å². The summed E-state index contributed by atoms with van der Waals surface area (Å²) in [5, 5.41) is 11.5. The van der Waals surface area contributed by atoms with Crippen LogP contribution in [0.25, 0.3) is 0 Å². The average Bonchev–Trinajstić information content (AvgIpc) is 1.95. The molecule has 3 nitrogen and oxygen atoms in total. The highest BCUT2D eigenvalue weighted by Crippen LogP contribution is 2.25. The average molecular weight is 153 g/mol. The second-order valence-electron chi connectivity index (χ2n) is 2.85. The van der Waals surface area contributed by atoms with Crippen molar-refractivity contribution >= 4 is 5.91 Å². The lowest BCUT2D eigenvalue weighted by atomic mass is 9.82. The van der Waals surface area contributed by atoms with E-state index in [4.69, 9.17) is 11.5 Å². The first-order chi connectivity index (χ1) is 5.22. The van der Waals surface area contributed by atoms with E-state index in [0.29, 0.717) is 12.5 Å². The van der Waals surface area contributed by atoms with E-state index in [1.54, 1.807) is 0 Å². The summed E-state index contributed by atoms with van der Waals surface area (Å²) in [7, 11) is 0. The number of carbonyl (C=O) groups excluding carboxylic acids is 1. The highest BCUT2D eigenvalue weighted by Gasteiger charge is 2.26. The molecular weight excluding hydrogens is 142 g/mol. The molecule has 1 amide bonds. The van der Waals surface area contributed by atoms with E-state index in [2.05, 4.69) is 5.32 Å². The Kier molecular flexibility index (Phi) is 2.50. The second kappa shape index (κ2) is 3.40. The predicted molar refractivity (Wildman–Crippen MR) is 40.6 cm³/mol. The molecule has 2 N–H and O–H groups in total. The number of rotatable bonds is 2. The topological polar surface area (TPSA) is 49.3 Å². The lowest BCUT2D eigenvalue weighted by molar-refractivity contribution is -0.116. The summed E-state index contributed by atoms with van der Waals surface area (Å²) >= 11 is 0. The largest absolute Gasteiger partial charge is 0.393 e. The molecule has 60 valence electrons. The van der Waals surface area contributed by atoms with E-state index >= 15 is 0 Å². The van der Waals surface area contributed by atoms with Gasteiger partial charge in [0.05, 0.1) is 6.10 Å². The number of carbonyl (C=O) groups is 1. The summed E-state index contributed by atoms with van der Waals surface area (Å²) in [4.78, 5) is 10.5. The molecule has 0 spiro atoms. The van der Waals surface area contributed by atoms with Crippen molar-refractivity contribution in [1.82, 2.24) is 5.32 Å². The Labute approximate surface area is 65.8 Å². The third kappa shape index (κ3) is 2.24. The van der Waals surface area contributed by atoms with Gasteiger partial charge in [-0.25, -0.2) is 0 Å². The molecule has 3 heteroatoms. The molecule has 0 radical (unpaired) electrons. The normalized spacial score (nSPS) is 28.4. The first-order valence-electron chi connectivity index (χ1n) is 3.65. The third-order valence-corrected chi connectivity index (χ3v) is 1.89. The predicted octanol–water partition coefficient (Wildman–Crippen LogP) is -0.493. The molecule has 1 saturated carbocycles. The number of hydrogen-bond acceptors (Lipinski definition) is 2. The van der Waals surface area contributed by atoms with Gasteiger partial charge in [-0.1, -0.05) is 0 Å². The van der Waals surface area contributed by atoms with Crippen molar-refractivity contribution in [2.24, 2.45) is 5.92 Å². The van der Waals surface area contributed by atoms with Crippen LogP contribution in [0.2, 0.25) is 0 Å². The van der Waals surface area contributed by atoms with Crippen LogP contribution in [0.15, 0.2) is 0 Å². The van der Waals surface area contributed by atoms with Crippen LogP contribution >= 0.6 is 0 Å². The molecule has 0 aromatic rings. The van der Waals surface area contributed by atoms with Crippen LogP contribution in [0.1, 0.15) is 12.8 Å². The van der Waals surface area contributed by atoms with Gasteiger partial charge in [-0.2, -0.15) is 0 Å². The fourth-order valence-corrected chi connectivity index (χ4v) is 1.16. The van der Waals surface area contributed by atoms with Gasteiger partial charge >= 0.3 is 0 Å². The van der Waals surface area contributed by atoms with Gasteiger partial charge in [0.1, 0.15) is 0 Å². The minimum Gasteiger partial charge on any atom is -0.393 e. The van der Waals surface area contributed by atoms with Gasteiger partial charge in [-0.05, 0) is 24.7 Å². The quantitative estimate of drug-likeness (QED) is 0.526. The van der Waals surface area contributed by atoms with Gasteiger partial charge in [-0.15, -0.1) is 6.42 Å². The van der Waals surface area contributed by atoms with Crippen molar-refractivity contribution < 1.29 is 9.90 Å². The van der Waals surface area contributed by atoms with Gasteiger partial charge in [0.2, 0.25) is 0 Å². The van der Waals surface area contributed by atoms with Crippen molar-refractivity contribution in [3.8, 4) is 12.3 Å². The SMILES string of the molecule is C#CC(=O)NCC1CC(O)C1. The molecule has 0 atom stereocenters. The first kappa shape index (κ1) is 8.09. The Morgan fingerprint density at radius 2 is 2.36 bits per heavy atom. The van der Waals surface area contributed by atoms with Crippen LogP contribution in [0.5, 0.6) is 0 Å². The molecule has 0 saturated heterocycles. The Morgan fingerprint density at radius 1 is 1.73 bits per heavy atom. The maximum absolute atomic E-state index is 10.5. The summed E-state index contributed by atoms with van der Waals surface area (Å²) in [5.74, 6) is 2.02. The Morgan fingerprint density at radius 3 is 2.82 bits per heavy atom. The molecule has 0 aliphatic heterocycles. The summed E-state index contributed by atoms with van der Waals surface area (Å²) in [6.07, 6.45) is 6.23. The Bertz CT molecular complexity index is 189. The number of terminal acetylenes is 1. The number of aliphatic hydroxyl groups is 1. The van der Waals surface area contributed by atoms with E-state index in [9.17, 15) is 4.79 Å². The van der Waals surface area contributed by atoms with Crippen LogP contribution in [0.3, 0.4) is 0 Å².